The molecule has 0 saturated carbocycles. The van der Waals surface area contributed by atoms with Gasteiger partial charge in [-0.15, -0.1) is 12.4 Å². The lowest BCUT2D eigenvalue weighted by Gasteiger charge is -2.26. The summed E-state index contributed by atoms with van der Waals surface area (Å²) in [6.45, 7) is 5.14. The van der Waals surface area contributed by atoms with Crippen molar-refractivity contribution in [3.8, 4) is 28.3 Å². The molecule has 1 aromatic heterocycles. The molecule has 5 aromatic rings. The van der Waals surface area contributed by atoms with Gasteiger partial charge in [-0.2, -0.15) is 0 Å². The van der Waals surface area contributed by atoms with Crippen molar-refractivity contribution >= 4 is 34.3 Å². The predicted molar refractivity (Wildman–Crippen MR) is 142 cm³/mol. The Kier molecular flexibility index (Phi) is 7.00. The second-order valence-corrected chi connectivity index (χ2v) is 8.56. The number of hydrogen-bond donors (Lipinski definition) is 0. The van der Waals surface area contributed by atoms with E-state index in [1.165, 1.54) is 5.56 Å². The predicted octanol–water partition coefficient (Wildman–Crippen LogP) is 6.45. The number of fused-ring (bicyclic) bond motifs is 2. The van der Waals surface area contributed by atoms with E-state index in [0.717, 1.165) is 71.6 Å². The van der Waals surface area contributed by atoms with Gasteiger partial charge in [-0.25, -0.2) is 4.98 Å². The molecule has 0 radical (unpaired) electrons. The molecular formula is C29H27ClN2O3. The Morgan fingerprint density at radius 1 is 0.829 bits per heavy atom. The van der Waals surface area contributed by atoms with Crippen molar-refractivity contribution in [3.05, 3.63) is 84.9 Å². The Morgan fingerprint density at radius 3 is 2.54 bits per heavy atom. The summed E-state index contributed by atoms with van der Waals surface area (Å²) >= 11 is 0. The third kappa shape index (κ3) is 5.03. The van der Waals surface area contributed by atoms with Crippen LogP contribution in [0.15, 0.2) is 89.3 Å². The van der Waals surface area contributed by atoms with Crippen molar-refractivity contribution in [2.24, 2.45) is 0 Å². The van der Waals surface area contributed by atoms with Gasteiger partial charge in [0.2, 0.25) is 5.89 Å². The molecule has 1 saturated heterocycles. The molecule has 6 rings (SSSR count). The van der Waals surface area contributed by atoms with E-state index in [0.29, 0.717) is 12.5 Å². The quantitative estimate of drug-likeness (QED) is 0.276. The number of rotatable bonds is 6. The first-order valence-corrected chi connectivity index (χ1v) is 11.8. The van der Waals surface area contributed by atoms with E-state index in [9.17, 15) is 0 Å². The summed E-state index contributed by atoms with van der Waals surface area (Å²) in [5.74, 6) is 1.51. The van der Waals surface area contributed by atoms with Crippen molar-refractivity contribution in [2.75, 3.05) is 39.5 Å². The molecule has 5 nitrogen and oxygen atoms in total. The third-order valence-electron chi connectivity index (χ3n) is 6.36. The number of ether oxygens (including phenoxy) is 2. The van der Waals surface area contributed by atoms with Gasteiger partial charge >= 0.3 is 0 Å². The molecular weight excluding hydrogens is 460 g/mol. The third-order valence-corrected chi connectivity index (χ3v) is 6.36. The number of nitrogens with zero attached hydrogens (tertiary/aromatic N) is 2. The molecule has 0 aliphatic carbocycles. The highest BCUT2D eigenvalue weighted by atomic mass is 35.5. The van der Waals surface area contributed by atoms with Crippen molar-refractivity contribution in [1.29, 1.82) is 0 Å². The average Bonchev–Trinajstić information content (AvgIpc) is 3.33. The number of morpholine rings is 1. The standard InChI is InChI=1S/C29H26N2O3.ClH/c1-2-5-21(6-3-1)22-9-12-28-27(20-22)30-29(34-28)26-8-4-7-23-19-24(10-11-25(23)26)33-18-15-31-13-16-32-17-14-31;/h1-12,19-20H,13-18H2;1H. The molecule has 6 heteroatoms. The van der Waals surface area contributed by atoms with Crippen LogP contribution in [0, 0.1) is 0 Å². The lowest BCUT2D eigenvalue weighted by Crippen LogP contribution is -2.38. The Labute approximate surface area is 210 Å². The molecule has 1 aliphatic heterocycles. The molecule has 35 heavy (non-hydrogen) atoms. The fourth-order valence-corrected chi connectivity index (χ4v) is 4.51. The van der Waals surface area contributed by atoms with Crippen LogP contribution in [0.4, 0.5) is 0 Å². The summed E-state index contributed by atoms with van der Waals surface area (Å²) in [6, 6.07) is 28.9. The molecule has 0 unspecified atom stereocenters. The number of oxazole rings is 1. The van der Waals surface area contributed by atoms with E-state index >= 15 is 0 Å². The van der Waals surface area contributed by atoms with Gasteiger partial charge in [-0.1, -0.05) is 48.5 Å². The van der Waals surface area contributed by atoms with Gasteiger partial charge in [0, 0.05) is 25.2 Å². The van der Waals surface area contributed by atoms with Crippen LogP contribution in [0.2, 0.25) is 0 Å². The molecule has 4 aromatic carbocycles. The van der Waals surface area contributed by atoms with Gasteiger partial charge in [0.1, 0.15) is 17.9 Å². The van der Waals surface area contributed by atoms with Crippen LogP contribution in [-0.2, 0) is 4.74 Å². The zero-order valence-corrected chi connectivity index (χ0v) is 20.2. The van der Waals surface area contributed by atoms with Crippen molar-refractivity contribution in [3.63, 3.8) is 0 Å². The number of aromatic nitrogens is 1. The Balaban J connectivity index is 0.00000253. The first-order chi connectivity index (χ1) is 16.8. The van der Waals surface area contributed by atoms with E-state index in [4.69, 9.17) is 18.9 Å². The number of benzene rings is 4. The minimum absolute atomic E-state index is 0. The van der Waals surface area contributed by atoms with Crippen LogP contribution in [0.5, 0.6) is 5.75 Å². The fraction of sp³-hybridized carbons (Fsp3) is 0.207. The fourth-order valence-electron chi connectivity index (χ4n) is 4.51. The SMILES string of the molecule is Cl.c1ccc(-c2ccc3oc(-c4cccc5cc(OCCN6CCOCC6)ccc45)nc3c2)cc1. The van der Waals surface area contributed by atoms with Gasteiger partial charge in [-0.3, -0.25) is 4.90 Å². The summed E-state index contributed by atoms with van der Waals surface area (Å²) in [6.07, 6.45) is 0. The minimum atomic E-state index is 0. The molecule has 1 fully saturated rings. The summed E-state index contributed by atoms with van der Waals surface area (Å²) in [5, 5.41) is 2.20. The minimum Gasteiger partial charge on any atom is -0.492 e. The van der Waals surface area contributed by atoms with Crippen molar-refractivity contribution in [1.82, 2.24) is 9.88 Å². The normalized spacial score (nSPS) is 14.2. The highest BCUT2D eigenvalue weighted by Gasteiger charge is 2.13. The van der Waals surface area contributed by atoms with Crippen LogP contribution >= 0.6 is 12.4 Å². The first kappa shape index (κ1) is 23.4. The second kappa shape index (κ2) is 10.5. The lowest BCUT2D eigenvalue weighted by atomic mass is 10.0. The van der Waals surface area contributed by atoms with Crippen LogP contribution in [0.1, 0.15) is 0 Å². The maximum atomic E-state index is 6.16. The summed E-state index contributed by atoms with van der Waals surface area (Å²) < 4.78 is 17.6. The molecule has 0 amide bonds. The molecule has 0 spiro atoms. The van der Waals surface area contributed by atoms with Crippen LogP contribution in [-0.4, -0.2) is 49.3 Å². The van der Waals surface area contributed by atoms with Crippen LogP contribution in [0.3, 0.4) is 0 Å². The molecule has 2 heterocycles. The largest absolute Gasteiger partial charge is 0.492 e. The Morgan fingerprint density at radius 2 is 1.69 bits per heavy atom. The van der Waals surface area contributed by atoms with E-state index < -0.39 is 0 Å². The maximum Gasteiger partial charge on any atom is 0.227 e. The summed E-state index contributed by atoms with van der Waals surface area (Å²) in [4.78, 5) is 7.20. The Hall–Kier alpha value is -3.38. The lowest BCUT2D eigenvalue weighted by molar-refractivity contribution is 0.0322. The van der Waals surface area contributed by atoms with E-state index in [1.807, 2.05) is 36.4 Å². The average molecular weight is 487 g/mol. The zero-order valence-electron chi connectivity index (χ0n) is 19.4. The molecule has 0 N–H and O–H groups in total. The van der Waals surface area contributed by atoms with E-state index in [2.05, 4.69) is 53.4 Å². The van der Waals surface area contributed by atoms with Gasteiger partial charge in [0.05, 0.1) is 13.2 Å². The number of halogens is 1. The van der Waals surface area contributed by atoms with Gasteiger partial charge in [-0.05, 0) is 58.3 Å². The molecule has 178 valence electrons. The Bertz CT molecular complexity index is 1430. The van der Waals surface area contributed by atoms with Crippen LogP contribution < -0.4 is 4.74 Å². The molecule has 0 bridgehead atoms. The number of hydrogen-bond acceptors (Lipinski definition) is 5. The summed E-state index contributed by atoms with van der Waals surface area (Å²) in [5.41, 5.74) is 4.92. The van der Waals surface area contributed by atoms with E-state index in [1.54, 1.807) is 0 Å². The second-order valence-electron chi connectivity index (χ2n) is 8.56. The van der Waals surface area contributed by atoms with Gasteiger partial charge in [0.15, 0.2) is 5.58 Å². The monoisotopic (exact) mass is 486 g/mol. The van der Waals surface area contributed by atoms with Gasteiger partial charge in [0.25, 0.3) is 0 Å². The van der Waals surface area contributed by atoms with E-state index in [-0.39, 0.29) is 12.4 Å². The maximum absolute atomic E-state index is 6.16. The molecule has 1 aliphatic rings. The molecule has 0 atom stereocenters. The topological polar surface area (TPSA) is 47.7 Å². The highest BCUT2D eigenvalue weighted by molar-refractivity contribution is 5.96. The van der Waals surface area contributed by atoms with Crippen molar-refractivity contribution < 1.29 is 13.9 Å². The highest BCUT2D eigenvalue weighted by Crippen LogP contribution is 2.33. The van der Waals surface area contributed by atoms with Gasteiger partial charge < -0.3 is 13.9 Å². The first-order valence-electron chi connectivity index (χ1n) is 11.8. The smallest absolute Gasteiger partial charge is 0.227 e. The summed E-state index contributed by atoms with van der Waals surface area (Å²) in [7, 11) is 0. The van der Waals surface area contributed by atoms with Crippen LogP contribution in [0.25, 0.3) is 44.5 Å². The van der Waals surface area contributed by atoms with Crippen molar-refractivity contribution in [2.45, 2.75) is 0 Å². The zero-order chi connectivity index (χ0) is 22.7.